The number of hydrogen-bond donors (Lipinski definition) is 3. The number of hydrogen-bond acceptors (Lipinski definition) is 3. The maximum atomic E-state index is 12.0. The first-order valence-corrected chi connectivity index (χ1v) is 9.59. The highest BCUT2D eigenvalue weighted by Crippen LogP contribution is 2.37. The molecule has 138 valence electrons. The number of benzene rings is 3. The third kappa shape index (κ3) is 4.07. The number of rotatable bonds is 8. The topological polar surface area (TPSA) is 49.3 Å². The monoisotopic (exact) mass is 377 g/mol. The molecule has 0 amide bonds. The van der Waals surface area contributed by atoms with Crippen LogP contribution >= 0.6 is 12.6 Å². The van der Waals surface area contributed by atoms with Crippen molar-refractivity contribution < 1.29 is 9.90 Å². The van der Waals surface area contributed by atoms with Gasteiger partial charge in [0.1, 0.15) is 6.04 Å². The number of aliphatic carboxylic acids is 1. The van der Waals surface area contributed by atoms with Crippen LogP contribution in [0.1, 0.15) is 23.1 Å². The van der Waals surface area contributed by atoms with Crippen LogP contribution in [0.15, 0.2) is 91.0 Å². The Morgan fingerprint density at radius 1 is 0.815 bits per heavy atom. The molecular formula is C23H23NO2S. The third-order valence-corrected chi connectivity index (χ3v) is 4.99. The maximum Gasteiger partial charge on any atom is 0.320 e. The van der Waals surface area contributed by atoms with Crippen LogP contribution in [-0.2, 0) is 10.3 Å². The van der Waals surface area contributed by atoms with Gasteiger partial charge in [-0.15, -0.1) is 0 Å². The zero-order valence-electron chi connectivity index (χ0n) is 15.0. The van der Waals surface area contributed by atoms with Crippen molar-refractivity contribution in [2.75, 3.05) is 5.75 Å². The van der Waals surface area contributed by atoms with E-state index in [4.69, 9.17) is 0 Å². The van der Waals surface area contributed by atoms with Gasteiger partial charge in [-0.1, -0.05) is 91.0 Å². The Kier molecular flexibility index (Phi) is 6.32. The Hall–Kier alpha value is -2.56. The molecule has 0 saturated heterocycles. The molecule has 0 heterocycles. The number of carboxylic acids is 1. The quantitative estimate of drug-likeness (QED) is 0.404. The molecule has 3 aromatic rings. The molecule has 0 aliphatic heterocycles. The van der Waals surface area contributed by atoms with E-state index in [1.807, 2.05) is 91.0 Å². The lowest BCUT2D eigenvalue weighted by molar-refractivity contribution is -0.139. The van der Waals surface area contributed by atoms with E-state index >= 15 is 0 Å². The van der Waals surface area contributed by atoms with Gasteiger partial charge in [-0.05, 0) is 28.9 Å². The van der Waals surface area contributed by atoms with Crippen molar-refractivity contribution in [2.24, 2.45) is 0 Å². The minimum atomic E-state index is -0.879. The number of carbonyl (C=O) groups is 1. The fourth-order valence-electron chi connectivity index (χ4n) is 3.46. The van der Waals surface area contributed by atoms with Crippen molar-refractivity contribution in [1.29, 1.82) is 0 Å². The van der Waals surface area contributed by atoms with E-state index in [0.29, 0.717) is 12.2 Å². The van der Waals surface area contributed by atoms with Crippen LogP contribution in [-0.4, -0.2) is 22.9 Å². The van der Waals surface area contributed by atoms with Crippen LogP contribution in [0.3, 0.4) is 0 Å². The molecule has 0 aliphatic rings. The molecule has 0 aliphatic carbocycles. The molecule has 0 radical (unpaired) electrons. The SMILES string of the molecule is O=C(O)[C@H](CCS)NC(c1ccccc1)(c1ccccc1)c1ccccc1. The molecule has 27 heavy (non-hydrogen) atoms. The molecule has 0 spiro atoms. The Morgan fingerprint density at radius 3 is 1.48 bits per heavy atom. The van der Waals surface area contributed by atoms with E-state index in [-0.39, 0.29) is 0 Å². The summed E-state index contributed by atoms with van der Waals surface area (Å²) in [5.41, 5.74) is 2.20. The summed E-state index contributed by atoms with van der Waals surface area (Å²) in [7, 11) is 0. The summed E-state index contributed by atoms with van der Waals surface area (Å²) in [6, 6.07) is 29.2. The summed E-state index contributed by atoms with van der Waals surface area (Å²) in [6.07, 6.45) is 0.423. The highest BCUT2D eigenvalue weighted by Gasteiger charge is 2.39. The molecule has 3 nitrogen and oxygen atoms in total. The minimum Gasteiger partial charge on any atom is -0.480 e. The van der Waals surface area contributed by atoms with E-state index in [1.54, 1.807) is 0 Å². The van der Waals surface area contributed by atoms with Gasteiger partial charge in [0.2, 0.25) is 0 Å². The maximum absolute atomic E-state index is 12.0. The molecule has 0 fully saturated rings. The van der Waals surface area contributed by atoms with Gasteiger partial charge in [-0.3, -0.25) is 10.1 Å². The standard InChI is InChI=1S/C23H23NO2S/c25-22(26)21(16-17-27)24-23(18-10-4-1-5-11-18,19-12-6-2-7-13-19)20-14-8-3-9-15-20/h1-15,21,24,27H,16-17H2,(H,25,26)/t21-/m0/s1. The van der Waals surface area contributed by atoms with Crippen LogP contribution in [0, 0.1) is 0 Å². The fraction of sp³-hybridized carbons (Fsp3) is 0.174. The van der Waals surface area contributed by atoms with Gasteiger partial charge >= 0.3 is 5.97 Å². The number of nitrogens with one attached hydrogen (secondary N) is 1. The predicted molar refractivity (Wildman–Crippen MR) is 112 cm³/mol. The van der Waals surface area contributed by atoms with Crippen molar-refractivity contribution in [2.45, 2.75) is 18.0 Å². The van der Waals surface area contributed by atoms with Crippen LogP contribution in [0.5, 0.6) is 0 Å². The lowest BCUT2D eigenvalue weighted by atomic mass is 9.76. The van der Waals surface area contributed by atoms with Crippen LogP contribution in [0.25, 0.3) is 0 Å². The minimum absolute atomic E-state index is 0.423. The third-order valence-electron chi connectivity index (χ3n) is 4.73. The van der Waals surface area contributed by atoms with Crippen LogP contribution in [0.4, 0.5) is 0 Å². The van der Waals surface area contributed by atoms with Crippen LogP contribution in [0.2, 0.25) is 0 Å². The molecule has 3 rings (SSSR count). The van der Waals surface area contributed by atoms with Crippen molar-refractivity contribution in [1.82, 2.24) is 5.32 Å². The first-order chi connectivity index (χ1) is 13.2. The van der Waals surface area contributed by atoms with Gasteiger partial charge in [-0.25, -0.2) is 0 Å². The summed E-state index contributed by atoms with van der Waals surface area (Å²) in [4.78, 5) is 12.0. The smallest absolute Gasteiger partial charge is 0.320 e. The molecule has 0 saturated carbocycles. The largest absolute Gasteiger partial charge is 0.480 e. The lowest BCUT2D eigenvalue weighted by Gasteiger charge is -2.39. The van der Waals surface area contributed by atoms with Gasteiger partial charge in [0.25, 0.3) is 0 Å². The van der Waals surface area contributed by atoms with Crippen LogP contribution < -0.4 is 5.32 Å². The molecule has 0 unspecified atom stereocenters. The highest BCUT2D eigenvalue weighted by atomic mass is 32.1. The van der Waals surface area contributed by atoms with E-state index in [1.165, 1.54) is 0 Å². The van der Waals surface area contributed by atoms with Gasteiger partial charge in [0.15, 0.2) is 0 Å². The molecule has 0 aromatic heterocycles. The zero-order valence-corrected chi connectivity index (χ0v) is 15.8. The highest BCUT2D eigenvalue weighted by molar-refractivity contribution is 7.80. The molecule has 3 aromatic carbocycles. The van der Waals surface area contributed by atoms with Gasteiger partial charge in [-0.2, -0.15) is 12.6 Å². The Labute approximate surface area is 165 Å². The van der Waals surface area contributed by atoms with Crippen molar-refractivity contribution in [3.8, 4) is 0 Å². The Balaban J connectivity index is 2.27. The molecule has 1 atom stereocenters. The van der Waals surface area contributed by atoms with Gasteiger partial charge < -0.3 is 5.11 Å². The summed E-state index contributed by atoms with van der Waals surface area (Å²) < 4.78 is 0. The fourth-order valence-corrected chi connectivity index (χ4v) is 3.72. The van der Waals surface area contributed by atoms with E-state index < -0.39 is 17.6 Å². The first-order valence-electron chi connectivity index (χ1n) is 8.96. The second kappa shape index (κ2) is 8.89. The Bertz CT molecular complexity index is 757. The van der Waals surface area contributed by atoms with E-state index in [0.717, 1.165) is 16.7 Å². The second-order valence-corrected chi connectivity index (χ2v) is 6.84. The van der Waals surface area contributed by atoms with E-state index in [2.05, 4.69) is 17.9 Å². The average molecular weight is 378 g/mol. The van der Waals surface area contributed by atoms with E-state index in [9.17, 15) is 9.90 Å². The molecule has 0 bridgehead atoms. The molecule has 2 N–H and O–H groups in total. The summed E-state index contributed by atoms with van der Waals surface area (Å²) >= 11 is 4.26. The lowest BCUT2D eigenvalue weighted by Crippen LogP contribution is -2.52. The van der Waals surface area contributed by atoms with Gasteiger partial charge in [0, 0.05) is 0 Å². The van der Waals surface area contributed by atoms with Gasteiger partial charge in [0.05, 0.1) is 5.54 Å². The molecule has 4 heteroatoms. The summed E-state index contributed by atoms with van der Waals surface area (Å²) in [5.74, 6) is -0.394. The number of thiol groups is 1. The predicted octanol–water partition coefficient (Wildman–Crippen LogP) is 4.34. The Morgan fingerprint density at radius 2 is 1.19 bits per heavy atom. The second-order valence-electron chi connectivity index (χ2n) is 6.40. The summed E-state index contributed by atoms with van der Waals surface area (Å²) in [6.45, 7) is 0. The van der Waals surface area contributed by atoms with Crippen molar-refractivity contribution >= 4 is 18.6 Å². The van der Waals surface area contributed by atoms with Crippen molar-refractivity contribution in [3.05, 3.63) is 108 Å². The molecular weight excluding hydrogens is 354 g/mol. The van der Waals surface area contributed by atoms with Crippen molar-refractivity contribution in [3.63, 3.8) is 0 Å². The number of carboxylic acid groups (broad SMARTS) is 1. The average Bonchev–Trinajstić information content (AvgIpc) is 2.73. The first kappa shape index (κ1) is 19.2. The summed E-state index contributed by atoms with van der Waals surface area (Å²) in [5, 5.41) is 13.3. The zero-order chi connectivity index (χ0) is 19.1. The normalized spacial score (nSPS) is 12.5.